The number of amides is 1. The van der Waals surface area contributed by atoms with Gasteiger partial charge in [-0.25, -0.2) is 9.59 Å². The van der Waals surface area contributed by atoms with Crippen molar-refractivity contribution < 1.29 is 24.2 Å². The molecule has 1 N–H and O–H groups in total. The maximum Gasteiger partial charge on any atom is 0.411 e. The Morgan fingerprint density at radius 2 is 2.00 bits per heavy atom. The van der Waals surface area contributed by atoms with Crippen molar-refractivity contribution in [1.82, 2.24) is 4.90 Å². The molecule has 0 bridgehead atoms. The quantitative estimate of drug-likeness (QED) is 0.805. The van der Waals surface area contributed by atoms with Crippen LogP contribution in [0.2, 0.25) is 0 Å². The summed E-state index contributed by atoms with van der Waals surface area (Å²) in [4.78, 5) is 25.4. The molecule has 0 aromatic carbocycles. The van der Waals surface area contributed by atoms with Crippen molar-refractivity contribution in [1.29, 1.82) is 0 Å². The van der Waals surface area contributed by atoms with Gasteiger partial charge in [-0.1, -0.05) is 19.8 Å². The van der Waals surface area contributed by atoms with E-state index in [2.05, 4.69) is 0 Å². The van der Waals surface area contributed by atoms with Crippen LogP contribution in [0.5, 0.6) is 0 Å². The van der Waals surface area contributed by atoms with E-state index in [-0.39, 0.29) is 13.0 Å². The van der Waals surface area contributed by atoms with E-state index in [0.717, 1.165) is 12.8 Å². The minimum Gasteiger partial charge on any atom is -0.467 e. The first-order chi connectivity index (χ1) is 9.62. The molecule has 0 aromatic heterocycles. The van der Waals surface area contributed by atoms with Gasteiger partial charge >= 0.3 is 12.1 Å². The van der Waals surface area contributed by atoms with Gasteiger partial charge in [0.05, 0.1) is 19.3 Å². The topological polar surface area (TPSA) is 76.1 Å². The predicted octanol–water partition coefficient (Wildman–Crippen LogP) is 2.09. The average Bonchev–Trinajstić information content (AvgIpc) is 2.72. The van der Waals surface area contributed by atoms with Crippen molar-refractivity contribution in [3.63, 3.8) is 0 Å². The summed E-state index contributed by atoms with van der Waals surface area (Å²) in [6, 6.07) is -0.785. The first kappa shape index (κ1) is 17.8. The zero-order valence-corrected chi connectivity index (χ0v) is 13.6. The van der Waals surface area contributed by atoms with Gasteiger partial charge < -0.3 is 14.6 Å². The molecule has 1 aliphatic heterocycles. The molecule has 6 nitrogen and oxygen atoms in total. The van der Waals surface area contributed by atoms with Crippen LogP contribution in [-0.4, -0.2) is 53.0 Å². The molecule has 1 saturated heterocycles. The van der Waals surface area contributed by atoms with Crippen molar-refractivity contribution >= 4 is 12.1 Å². The number of likely N-dealkylation sites (tertiary alicyclic amines) is 1. The Bertz CT molecular complexity index is 390. The number of rotatable bonds is 4. The van der Waals surface area contributed by atoms with Gasteiger partial charge in [0.25, 0.3) is 0 Å². The van der Waals surface area contributed by atoms with Crippen LogP contribution in [0.25, 0.3) is 0 Å². The fourth-order valence-electron chi connectivity index (χ4n) is 2.51. The van der Waals surface area contributed by atoms with Crippen molar-refractivity contribution in [3.8, 4) is 0 Å². The molecule has 2 atom stereocenters. The van der Waals surface area contributed by atoms with Crippen LogP contribution in [0.4, 0.5) is 4.79 Å². The number of methoxy groups -OCH3 is 1. The zero-order valence-electron chi connectivity index (χ0n) is 13.6. The van der Waals surface area contributed by atoms with Crippen LogP contribution in [0.1, 0.15) is 53.4 Å². The van der Waals surface area contributed by atoms with Crippen molar-refractivity contribution in [3.05, 3.63) is 0 Å². The van der Waals surface area contributed by atoms with Crippen LogP contribution >= 0.6 is 0 Å². The number of carbonyl (C=O) groups excluding carboxylic acids is 2. The molecule has 1 fully saturated rings. The highest BCUT2D eigenvalue weighted by Crippen LogP contribution is 2.33. The highest BCUT2D eigenvalue weighted by atomic mass is 16.6. The lowest BCUT2D eigenvalue weighted by Gasteiger charge is -2.27. The number of unbranched alkanes of at least 4 members (excludes halogenated alkanes) is 1. The van der Waals surface area contributed by atoms with Crippen LogP contribution < -0.4 is 0 Å². The monoisotopic (exact) mass is 301 g/mol. The summed E-state index contributed by atoms with van der Waals surface area (Å²) in [5.41, 5.74) is -1.70. The first-order valence-electron chi connectivity index (χ1n) is 7.42. The van der Waals surface area contributed by atoms with Gasteiger partial charge in [0.15, 0.2) is 0 Å². The molecule has 0 aromatic rings. The SMILES string of the molecule is CCCCC1(O)CC(C(=O)OC)N(C(=O)OC(C)(C)C)C1. The van der Waals surface area contributed by atoms with Crippen LogP contribution in [0, 0.1) is 0 Å². The summed E-state index contributed by atoms with van der Waals surface area (Å²) >= 11 is 0. The molecule has 1 aliphatic rings. The van der Waals surface area contributed by atoms with E-state index >= 15 is 0 Å². The fourth-order valence-corrected chi connectivity index (χ4v) is 2.51. The molecule has 0 aliphatic carbocycles. The normalized spacial score (nSPS) is 25.8. The van der Waals surface area contributed by atoms with Gasteiger partial charge in [0.1, 0.15) is 11.6 Å². The number of carbonyl (C=O) groups is 2. The third-order valence-electron chi connectivity index (χ3n) is 3.51. The maximum atomic E-state index is 12.2. The molecule has 2 unspecified atom stereocenters. The lowest BCUT2D eigenvalue weighted by Crippen LogP contribution is -2.44. The Labute approximate surface area is 126 Å². The molecular formula is C15H27NO5. The standard InChI is InChI=1S/C15H27NO5/c1-6-7-8-15(19)9-11(12(17)20-5)16(10-15)13(18)21-14(2,3)4/h11,19H,6-10H2,1-5H3. The number of ether oxygens (including phenoxy) is 2. The fraction of sp³-hybridized carbons (Fsp3) is 0.867. The smallest absolute Gasteiger partial charge is 0.411 e. The Morgan fingerprint density at radius 3 is 2.48 bits per heavy atom. The van der Waals surface area contributed by atoms with Gasteiger partial charge in [-0.2, -0.15) is 0 Å². The largest absolute Gasteiger partial charge is 0.467 e. The Balaban J connectivity index is 2.87. The Morgan fingerprint density at radius 1 is 1.38 bits per heavy atom. The van der Waals surface area contributed by atoms with Crippen LogP contribution in [0.3, 0.4) is 0 Å². The first-order valence-corrected chi connectivity index (χ1v) is 7.42. The van der Waals surface area contributed by atoms with E-state index in [1.165, 1.54) is 12.0 Å². The molecule has 0 spiro atoms. The molecule has 1 amide bonds. The third-order valence-corrected chi connectivity index (χ3v) is 3.51. The highest BCUT2D eigenvalue weighted by molar-refractivity contribution is 5.82. The lowest BCUT2D eigenvalue weighted by molar-refractivity contribution is -0.145. The summed E-state index contributed by atoms with van der Waals surface area (Å²) in [5.74, 6) is -0.520. The number of esters is 1. The third kappa shape index (κ3) is 4.88. The lowest BCUT2D eigenvalue weighted by atomic mass is 9.94. The van der Waals surface area contributed by atoms with E-state index in [0.29, 0.717) is 6.42 Å². The second kappa shape index (κ2) is 6.64. The molecule has 0 radical (unpaired) electrons. The number of β-amino-alcohol motifs (C(OH)–C–C–N with tert-alkyl or cyclic N) is 1. The molecular weight excluding hydrogens is 274 g/mol. The summed E-state index contributed by atoms with van der Waals surface area (Å²) in [6.45, 7) is 7.41. The molecule has 21 heavy (non-hydrogen) atoms. The zero-order chi connectivity index (χ0) is 16.3. The van der Waals surface area contributed by atoms with E-state index in [1.807, 2.05) is 6.92 Å². The van der Waals surface area contributed by atoms with E-state index in [9.17, 15) is 14.7 Å². The summed E-state index contributed by atoms with van der Waals surface area (Å²) in [7, 11) is 1.28. The average molecular weight is 301 g/mol. The molecule has 122 valence electrons. The van der Waals surface area contributed by atoms with E-state index in [1.54, 1.807) is 20.8 Å². The van der Waals surface area contributed by atoms with Gasteiger partial charge in [0, 0.05) is 6.42 Å². The second-order valence-corrected chi connectivity index (χ2v) is 6.68. The molecule has 1 heterocycles. The Hall–Kier alpha value is -1.30. The van der Waals surface area contributed by atoms with Gasteiger partial charge in [-0.15, -0.1) is 0 Å². The molecule has 0 saturated carbocycles. The molecule has 6 heteroatoms. The number of hydrogen-bond acceptors (Lipinski definition) is 5. The summed E-state index contributed by atoms with van der Waals surface area (Å²) in [5, 5.41) is 10.6. The Kier molecular flexibility index (Phi) is 5.61. The van der Waals surface area contributed by atoms with Crippen LogP contribution in [-0.2, 0) is 14.3 Å². The van der Waals surface area contributed by atoms with Crippen molar-refractivity contribution in [2.45, 2.75) is 70.6 Å². The number of nitrogens with zero attached hydrogens (tertiary/aromatic N) is 1. The van der Waals surface area contributed by atoms with E-state index < -0.39 is 29.3 Å². The van der Waals surface area contributed by atoms with E-state index in [4.69, 9.17) is 9.47 Å². The number of hydrogen-bond donors (Lipinski definition) is 1. The summed E-state index contributed by atoms with van der Waals surface area (Å²) < 4.78 is 10.1. The van der Waals surface area contributed by atoms with Gasteiger partial charge in [0.2, 0.25) is 0 Å². The minimum atomic E-state index is -1.05. The highest BCUT2D eigenvalue weighted by Gasteiger charge is 2.49. The van der Waals surface area contributed by atoms with Crippen molar-refractivity contribution in [2.24, 2.45) is 0 Å². The minimum absolute atomic E-state index is 0.0989. The van der Waals surface area contributed by atoms with Crippen LogP contribution in [0.15, 0.2) is 0 Å². The predicted molar refractivity (Wildman–Crippen MR) is 77.8 cm³/mol. The van der Waals surface area contributed by atoms with Gasteiger partial charge in [-0.05, 0) is 27.2 Å². The molecule has 1 rings (SSSR count). The number of aliphatic hydroxyl groups is 1. The maximum absolute atomic E-state index is 12.2. The van der Waals surface area contributed by atoms with Crippen molar-refractivity contribution in [2.75, 3.05) is 13.7 Å². The second-order valence-electron chi connectivity index (χ2n) is 6.68. The summed E-state index contributed by atoms with van der Waals surface area (Å²) in [6.07, 6.45) is 1.93. The van der Waals surface area contributed by atoms with Gasteiger partial charge in [-0.3, -0.25) is 4.90 Å².